The van der Waals surface area contributed by atoms with Gasteiger partial charge in [-0.1, -0.05) is 18.2 Å². The number of esters is 1. The third-order valence-electron chi connectivity index (χ3n) is 3.00. The summed E-state index contributed by atoms with van der Waals surface area (Å²) in [5.74, 6) is 0.441. The highest BCUT2D eigenvalue weighted by Gasteiger charge is 2.35. The maximum atomic E-state index is 12.1. The monoisotopic (exact) mass is 277 g/mol. The summed E-state index contributed by atoms with van der Waals surface area (Å²) >= 11 is 0. The molecule has 1 rings (SSSR count). The van der Waals surface area contributed by atoms with Gasteiger partial charge in [-0.2, -0.15) is 0 Å². The van der Waals surface area contributed by atoms with E-state index in [0.29, 0.717) is 6.54 Å². The van der Waals surface area contributed by atoms with Crippen LogP contribution in [0.3, 0.4) is 0 Å². The summed E-state index contributed by atoms with van der Waals surface area (Å²) in [5, 5.41) is 3.14. The van der Waals surface area contributed by atoms with Gasteiger partial charge in [0.25, 0.3) is 0 Å². The molecular formula is C16H23NO3. The number of benzene rings is 1. The Morgan fingerprint density at radius 2 is 2.00 bits per heavy atom. The highest BCUT2D eigenvalue weighted by atomic mass is 16.5. The molecule has 1 aromatic rings. The van der Waals surface area contributed by atoms with Crippen LogP contribution in [0.4, 0.5) is 0 Å². The summed E-state index contributed by atoms with van der Waals surface area (Å²) < 4.78 is 10.5. The van der Waals surface area contributed by atoms with Crippen LogP contribution in [0.1, 0.15) is 26.3 Å². The van der Waals surface area contributed by atoms with Gasteiger partial charge >= 0.3 is 5.97 Å². The third-order valence-corrected chi connectivity index (χ3v) is 3.00. The normalized spacial score (nSPS) is 13.7. The average Bonchev–Trinajstić information content (AvgIpc) is 2.44. The van der Waals surface area contributed by atoms with Crippen molar-refractivity contribution in [2.75, 3.05) is 13.7 Å². The van der Waals surface area contributed by atoms with Gasteiger partial charge in [-0.05, 0) is 38.5 Å². The zero-order valence-electron chi connectivity index (χ0n) is 12.6. The Labute approximate surface area is 120 Å². The first kappa shape index (κ1) is 16.2. The van der Waals surface area contributed by atoms with Crippen LogP contribution < -0.4 is 10.1 Å². The molecule has 0 aliphatic rings. The molecule has 1 atom stereocenters. The van der Waals surface area contributed by atoms with Gasteiger partial charge in [0.1, 0.15) is 11.3 Å². The number of carbonyl (C=O) groups excluding carboxylic acids is 1. The van der Waals surface area contributed by atoms with Gasteiger partial charge < -0.3 is 9.47 Å². The SMILES string of the molecule is C=CCNC(C)(C(=O)OC)c1ccc(OC(C)C)cc1. The van der Waals surface area contributed by atoms with Crippen LogP contribution in [-0.4, -0.2) is 25.7 Å². The molecule has 0 saturated heterocycles. The highest BCUT2D eigenvalue weighted by Crippen LogP contribution is 2.25. The topological polar surface area (TPSA) is 47.6 Å². The quantitative estimate of drug-likeness (QED) is 0.615. The predicted molar refractivity (Wildman–Crippen MR) is 79.8 cm³/mol. The fourth-order valence-electron chi connectivity index (χ4n) is 1.91. The van der Waals surface area contributed by atoms with Crippen molar-refractivity contribution < 1.29 is 14.3 Å². The largest absolute Gasteiger partial charge is 0.491 e. The third kappa shape index (κ3) is 3.84. The molecule has 4 heteroatoms. The van der Waals surface area contributed by atoms with Gasteiger partial charge in [-0.15, -0.1) is 6.58 Å². The molecule has 0 saturated carbocycles. The molecule has 0 amide bonds. The van der Waals surface area contributed by atoms with Crippen LogP contribution in [0.15, 0.2) is 36.9 Å². The van der Waals surface area contributed by atoms with Crippen molar-refractivity contribution in [1.82, 2.24) is 5.32 Å². The number of carbonyl (C=O) groups is 1. The number of hydrogen-bond donors (Lipinski definition) is 1. The van der Waals surface area contributed by atoms with Gasteiger partial charge in [0, 0.05) is 6.54 Å². The molecule has 20 heavy (non-hydrogen) atoms. The molecule has 0 bridgehead atoms. The fraction of sp³-hybridized carbons (Fsp3) is 0.438. The van der Waals surface area contributed by atoms with E-state index in [-0.39, 0.29) is 12.1 Å². The molecule has 1 unspecified atom stereocenters. The minimum absolute atomic E-state index is 0.117. The van der Waals surface area contributed by atoms with Crippen molar-refractivity contribution in [1.29, 1.82) is 0 Å². The van der Waals surface area contributed by atoms with E-state index in [1.807, 2.05) is 38.1 Å². The number of methoxy groups -OCH3 is 1. The molecule has 0 aromatic heterocycles. The van der Waals surface area contributed by atoms with Crippen molar-refractivity contribution in [2.24, 2.45) is 0 Å². The van der Waals surface area contributed by atoms with Gasteiger partial charge in [-0.25, -0.2) is 4.79 Å². The first-order valence-electron chi connectivity index (χ1n) is 6.65. The van der Waals surface area contributed by atoms with Crippen molar-refractivity contribution in [3.8, 4) is 5.75 Å². The molecule has 0 heterocycles. The van der Waals surface area contributed by atoms with Gasteiger partial charge in [0.2, 0.25) is 0 Å². The summed E-state index contributed by atoms with van der Waals surface area (Å²) in [5.41, 5.74) is -0.0819. The summed E-state index contributed by atoms with van der Waals surface area (Å²) in [6, 6.07) is 7.44. The van der Waals surface area contributed by atoms with E-state index in [0.717, 1.165) is 11.3 Å². The van der Waals surface area contributed by atoms with Crippen LogP contribution in [0.5, 0.6) is 5.75 Å². The molecule has 110 valence electrons. The Balaban J connectivity index is 3.02. The molecule has 0 aliphatic carbocycles. The predicted octanol–water partition coefficient (Wildman–Crippen LogP) is 2.64. The second kappa shape index (κ2) is 7.10. The Morgan fingerprint density at radius 3 is 2.45 bits per heavy atom. The zero-order chi connectivity index (χ0) is 15.2. The Bertz CT molecular complexity index is 453. The lowest BCUT2D eigenvalue weighted by Gasteiger charge is -2.28. The van der Waals surface area contributed by atoms with Crippen molar-refractivity contribution >= 4 is 5.97 Å². The minimum atomic E-state index is -0.903. The molecule has 4 nitrogen and oxygen atoms in total. The summed E-state index contributed by atoms with van der Waals surface area (Å²) in [7, 11) is 1.38. The standard InChI is InChI=1S/C16H23NO3/c1-6-11-17-16(4,15(18)19-5)13-7-9-14(10-8-13)20-12(2)3/h6-10,12,17H,1,11H2,2-5H3. The summed E-state index contributed by atoms with van der Waals surface area (Å²) in [6.45, 7) is 9.90. The van der Waals surface area contributed by atoms with Crippen LogP contribution >= 0.6 is 0 Å². The lowest BCUT2D eigenvalue weighted by atomic mass is 9.92. The summed E-state index contributed by atoms with van der Waals surface area (Å²) in [4.78, 5) is 12.1. The van der Waals surface area contributed by atoms with E-state index in [4.69, 9.17) is 9.47 Å². The van der Waals surface area contributed by atoms with Gasteiger partial charge in [0.05, 0.1) is 13.2 Å². The van der Waals surface area contributed by atoms with Crippen LogP contribution in [0, 0.1) is 0 Å². The lowest BCUT2D eigenvalue weighted by molar-refractivity contribution is -0.148. The molecule has 0 aliphatic heterocycles. The van der Waals surface area contributed by atoms with E-state index < -0.39 is 5.54 Å². The smallest absolute Gasteiger partial charge is 0.330 e. The average molecular weight is 277 g/mol. The number of rotatable bonds is 7. The van der Waals surface area contributed by atoms with E-state index in [1.54, 1.807) is 13.0 Å². The molecule has 1 aromatic carbocycles. The number of hydrogen-bond acceptors (Lipinski definition) is 4. The molecular weight excluding hydrogens is 254 g/mol. The lowest BCUT2D eigenvalue weighted by Crippen LogP contribution is -2.47. The Kier molecular flexibility index (Phi) is 5.77. The van der Waals surface area contributed by atoms with E-state index in [1.165, 1.54) is 7.11 Å². The molecule has 1 N–H and O–H groups in total. The van der Waals surface area contributed by atoms with E-state index >= 15 is 0 Å². The number of ether oxygens (including phenoxy) is 2. The van der Waals surface area contributed by atoms with Crippen molar-refractivity contribution in [3.05, 3.63) is 42.5 Å². The van der Waals surface area contributed by atoms with Crippen molar-refractivity contribution in [3.63, 3.8) is 0 Å². The van der Waals surface area contributed by atoms with E-state index in [2.05, 4.69) is 11.9 Å². The summed E-state index contributed by atoms with van der Waals surface area (Å²) in [6.07, 6.45) is 1.82. The van der Waals surface area contributed by atoms with Crippen LogP contribution in [0.25, 0.3) is 0 Å². The van der Waals surface area contributed by atoms with Crippen LogP contribution in [-0.2, 0) is 15.1 Å². The molecule has 0 fully saturated rings. The molecule has 0 radical (unpaired) electrons. The maximum absolute atomic E-state index is 12.1. The second-order valence-corrected chi connectivity index (χ2v) is 4.98. The van der Waals surface area contributed by atoms with Crippen molar-refractivity contribution in [2.45, 2.75) is 32.4 Å². The van der Waals surface area contributed by atoms with Gasteiger partial charge in [-0.3, -0.25) is 5.32 Å². The first-order chi connectivity index (χ1) is 9.43. The van der Waals surface area contributed by atoms with Crippen LogP contribution in [0.2, 0.25) is 0 Å². The number of nitrogens with one attached hydrogen (secondary N) is 1. The Hall–Kier alpha value is -1.81. The van der Waals surface area contributed by atoms with E-state index in [9.17, 15) is 4.79 Å². The van der Waals surface area contributed by atoms with Gasteiger partial charge in [0.15, 0.2) is 0 Å². The highest BCUT2D eigenvalue weighted by molar-refractivity contribution is 5.82. The minimum Gasteiger partial charge on any atom is -0.491 e. The zero-order valence-corrected chi connectivity index (χ0v) is 12.6. The fourth-order valence-corrected chi connectivity index (χ4v) is 1.91. The maximum Gasteiger partial charge on any atom is 0.330 e. The first-order valence-corrected chi connectivity index (χ1v) is 6.65. The second-order valence-electron chi connectivity index (χ2n) is 4.98. The molecule has 0 spiro atoms. The Morgan fingerprint density at radius 1 is 1.40 bits per heavy atom.